The van der Waals surface area contributed by atoms with Crippen molar-refractivity contribution < 1.29 is 10.2 Å². The first-order valence-electron chi connectivity index (χ1n) is 5.78. The van der Waals surface area contributed by atoms with E-state index >= 15 is 0 Å². The lowest BCUT2D eigenvalue weighted by molar-refractivity contribution is -0.0991. The molecule has 2 nitrogen and oxygen atoms in total. The molecule has 1 aromatic rings. The molecular formula is C13H17ClO2. The molecule has 1 saturated carbocycles. The Morgan fingerprint density at radius 3 is 2.19 bits per heavy atom. The highest BCUT2D eigenvalue weighted by Crippen LogP contribution is 2.38. The van der Waals surface area contributed by atoms with Crippen molar-refractivity contribution in [1.29, 1.82) is 0 Å². The summed E-state index contributed by atoms with van der Waals surface area (Å²) in [6.07, 6.45) is 3.68. The summed E-state index contributed by atoms with van der Waals surface area (Å²) in [5, 5.41) is 21.2. The zero-order chi connectivity index (χ0) is 11.6. The highest BCUT2D eigenvalue weighted by Gasteiger charge is 2.37. The molecule has 3 heteroatoms. The lowest BCUT2D eigenvalue weighted by Crippen LogP contribution is -2.38. The summed E-state index contributed by atoms with van der Waals surface area (Å²) >= 11 is 5.79. The van der Waals surface area contributed by atoms with Crippen LogP contribution in [0.1, 0.15) is 43.8 Å². The third kappa shape index (κ3) is 2.40. The number of rotatable bonds is 2. The van der Waals surface area contributed by atoms with E-state index in [1.54, 1.807) is 24.3 Å². The first-order valence-corrected chi connectivity index (χ1v) is 6.15. The maximum absolute atomic E-state index is 10.4. The van der Waals surface area contributed by atoms with Crippen LogP contribution in [0.3, 0.4) is 0 Å². The molecule has 0 heterocycles. The molecule has 0 bridgehead atoms. The fourth-order valence-electron chi connectivity index (χ4n) is 2.39. The average molecular weight is 241 g/mol. The van der Waals surface area contributed by atoms with E-state index in [4.69, 9.17) is 11.6 Å². The fourth-order valence-corrected chi connectivity index (χ4v) is 2.52. The molecule has 0 radical (unpaired) electrons. The van der Waals surface area contributed by atoms with Gasteiger partial charge in [-0.1, -0.05) is 43.0 Å². The molecule has 0 saturated heterocycles. The molecule has 1 atom stereocenters. The average Bonchev–Trinajstić information content (AvgIpc) is 2.30. The Labute approximate surface area is 101 Å². The fraction of sp³-hybridized carbons (Fsp3) is 0.538. The second kappa shape index (κ2) is 4.74. The molecule has 1 fully saturated rings. The highest BCUT2D eigenvalue weighted by atomic mass is 35.5. The van der Waals surface area contributed by atoms with Crippen LogP contribution in [0.25, 0.3) is 0 Å². The van der Waals surface area contributed by atoms with Crippen LogP contribution in [0.4, 0.5) is 0 Å². The second-order valence-electron chi connectivity index (χ2n) is 4.62. The summed E-state index contributed by atoms with van der Waals surface area (Å²) in [6.45, 7) is 0. The Balaban J connectivity index is 2.16. The highest BCUT2D eigenvalue weighted by molar-refractivity contribution is 6.30. The van der Waals surface area contributed by atoms with E-state index in [2.05, 4.69) is 0 Å². The number of halogens is 1. The zero-order valence-corrected chi connectivity index (χ0v) is 9.95. The topological polar surface area (TPSA) is 40.5 Å². The number of aliphatic hydroxyl groups is 2. The van der Waals surface area contributed by atoms with Crippen molar-refractivity contribution in [2.24, 2.45) is 0 Å². The quantitative estimate of drug-likeness (QED) is 0.834. The van der Waals surface area contributed by atoms with Gasteiger partial charge in [-0.05, 0) is 30.5 Å². The van der Waals surface area contributed by atoms with Gasteiger partial charge in [0, 0.05) is 5.02 Å². The minimum atomic E-state index is -0.952. The Hall–Kier alpha value is -0.570. The van der Waals surface area contributed by atoms with Crippen LogP contribution < -0.4 is 0 Å². The maximum atomic E-state index is 10.4. The summed E-state index contributed by atoms with van der Waals surface area (Å²) in [5.41, 5.74) is -0.208. The minimum absolute atomic E-state index is 0.645. The van der Waals surface area contributed by atoms with E-state index in [1.807, 2.05) is 0 Å². The first-order chi connectivity index (χ1) is 7.62. The number of hydrogen-bond acceptors (Lipinski definition) is 2. The number of aliphatic hydroxyl groups excluding tert-OH is 1. The monoisotopic (exact) mass is 240 g/mol. The summed E-state index contributed by atoms with van der Waals surface area (Å²) < 4.78 is 0. The van der Waals surface area contributed by atoms with Crippen LogP contribution in [-0.4, -0.2) is 15.8 Å². The Kier molecular flexibility index (Phi) is 3.53. The summed E-state index contributed by atoms with van der Waals surface area (Å²) in [7, 11) is 0. The van der Waals surface area contributed by atoms with Crippen LogP contribution in [0.15, 0.2) is 24.3 Å². The van der Waals surface area contributed by atoms with E-state index in [-0.39, 0.29) is 0 Å². The molecule has 1 aromatic carbocycles. The van der Waals surface area contributed by atoms with Crippen molar-refractivity contribution in [3.63, 3.8) is 0 Å². The molecular weight excluding hydrogens is 224 g/mol. The van der Waals surface area contributed by atoms with Crippen LogP contribution in [0.5, 0.6) is 0 Å². The van der Waals surface area contributed by atoms with Gasteiger partial charge in [0.1, 0.15) is 6.10 Å². The zero-order valence-electron chi connectivity index (χ0n) is 9.19. The summed E-state index contributed by atoms with van der Waals surface area (Å²) in [4.78, 5) is 0. The van der Waals surface area contributed by atoms with E-state index in [9.17, 15) is 10.2 Å². The van der Waals surface area contributed by atoms with Crippen molar-refractivity contribution in [1.82, 2.24) is 0 Å². The number of hydrogen-bond donors (Lipinski definition) is 2. The van der Waals surface area contributed by atoms with Crippen molar-refractivity contribution in [3.05, 3.63) is 34.9 Å². The van der Waals surface area contributed by atoms with Crippen molar-refractivity contribution in [3.8, 4) is 0 Å². The van der Waals surface area contributed by atoms with Gasteiger partial charge in [-0.3, -0.25) is 0 Å². The summed E-state index contributed by atoms with van der Waals surface area (Å²) in [6, 6.07) is 7.04. The Morgan fingerprint density at radius 1 is 1.06 bits per heavy atom. The van der Waals surface area contributed by atoms with Crippen LogP contribution in [-0.2, 0) is 0 Å². The second-order valence-corrected chi connectivity index (χ2v) is 5.05. The van der Waals surface area contributed by atoms with Gasteiger partial charge in [0.15, 0.2) is 0 Å². The third-order valence-electron chi connectivity index (χ3n) is 3.41. The molecule has 2 rings (SSSR count). The molecule has 0 aromatic heterocycles. The lowest BCUT2D eigenvalue weighted by Gasteiger charge is -2.36. The predicted molar refractivity (Wildman–Crippen MR) is 64.4 cm³/mol. The molecule has 88 valence electrons. The number of benzene rings is 1. The molecule has 16 heavy (non-hydrogen) atoms. The summed E-state index contributed by atoms with van der Waals surface area (Å²) in [5.74, 6) is 0. The van der Waals surface area contributed by atoms with Gasteiger partial charge in [0.2, 0.25) is 0 Å². The van der Waals surface area contributed by atoms with Crippen molar-refractivity contribution in [2.75, 3.05) is 0 Å². The van der Waals surface area contributed by atoms with Gasteiger partial charge >= 0.3 is 0 Å². The van der Waals surface area contributed by atoms with E-state index in [0.717, 1.165) is 24.8 Å². The standard InChI is InChI=1S/C13H17ClO2/c14-11-6-4-10(5-7-11)12(15)13(16)8-2-1-3-9-13/h4-7,12,15-16H,1-3,8-9H2. The van der Waals surface area contributed by atoms with Gasteiger partial charge in [0.25, 0.3) is 0 Å². The minimum Gasteiger partial charge on any atom is -0.387 e. The SMILES string of the molecule is OC(c1ccc(Cl)cc1)C1(O)CCCCC1. The van der Waals surface area contributed by atoms with Gasteiger partial charge in [-0.2, -0.15) is 0 Å². The molecule has 2 N–H and O–H groups in total. The van der Waals surface area contributed by atoms with Crippen LogP contribution >= 0.6 is 11.6 Å². The normalized spacial score (nSPS) is 21.7. The van der Waals surface area contributed by atoms with Crippen molar-refractivity contribution >= 4 is 11.6 Å². The van der Waals surface area contributed by atoms with Gasteiger partial charge in [-0.15, -0.1) is 0 Å². The third-order valence-corrected chi connectivity index (χ3v) is 3.67. The van der Waals surface area contributed by atoms with Gasteiger partial charge < -0.3 is 10.2 Å². The van der Waals surface area contributed by atoms with Crippen LogP contribution in [0, 0.1) is 0 Å². The molecule has 0 spiro atoms. The molecule has 1 aliphatic carbocycles. The van der Waals surface area contributed by atoms with Gasteiger partial charge in [-0.25, -0.2) is 0 Å². The predicted octanol–water partition coefficient (Wildman–Crippen LogP) is 3.07. The van der Waals surface area contributed by atoms with E-state index in [0.29, 0.717) is 17.9 Å². The maximum Gasteiger partial charge on any atom is 0.108 e. The lowest BCUT2D eigenvalue weighted by atomic mass is 9.78. The molecule has 1 aliphatic rings. The molecule has 0 aliphatic heterocycles. The Morgan fingerprint density at radius 2 is 1.62 bits per heavy atom. The Bertz CT molecular complexity index is 341. The van der Waals surface area contributed by atoms with Crippen molar-refractivity contribution in [2.45, 2.75) is 43.8 Å². The van der Waals surface area contributed by atoms with Crippen LogP contribution in [0.2, 0.25) is 5.02 Å². The molecule has 0 amide bonds. The van der Waals surface area contributed by atoms with Gasteiger partial charge in [0.05, 0.1) is 5.60 Å². The van der Waals surface area contributed by atoms with E-state index < -0.39 is 11.7 Å². The molecule has 1 unspecified atom stereocenters. The largest absolute Gasteiger partial charge is 0.387 e. The first kappa shape index (κ1) is 11.9. The van der Waals surface area contributed by atoms with E-state index in [1.165, 1.54) is 0 Å². The smallest absolute Gasteiger partial charge is 0.108 e.